The minimum absolute atomic E-state index is 0.150. The number of carbonyl (C=O) groups excluding carboxylic acids is 3. The van der Waals surface area contributed by atoms with Crippen LogP contribution in [0.25, 0.3) is 0 Å². The fourth-order valence-corrected chi connectivity index (χ4v) is 2.80. The summed E-state index contributed by atoms with van der Waals surface area (Å²) in [5, 5.41) is 4.42. The van der Waals surface area contributed by atoms with E-state index in [9.17, 15) is 22.8 Å². The third-order valence-corrected chi connectivity index (χ3v) is 4.73. The van der Waals surface area contributed by atoms with E-state index >= 15 is 0 Å². The van der Waals surface area contributed by atoms with E-state index in [-0.39, 0.29) is 16.2 Å². The average molecular weight is 356 g/mol. The average Bonchev–Trinajstić information content (AvgIpc) is 2.57. The van der Waals surface area contributed by atoms with E-state index in [0.29, 0.717) is 13.0 Å². The molecule has 3 amide bonds. The Morgan fingerprint density at radius 3 is 2.42 bits per heavy atom. The zero-order chi connectivity index (χ0) is 18.2. The molecule has 9 heteroatoms. The van der Waals surface area contributed by atoms with Crippen LogP contribution in [0.1, 0.15) is 30.6 Å². The molecule has 0 heterocycles. The lowest BCUT2D eigenvalue weighted by Crippen LogP contribution is -2.41. The summed E-state index contributed by atoms with van der Waals surface area (Å²) in [7, 11) is -3.61. The number of carbonyl (C=O) groups is 3. The van der Waals surface area contributed by atoms with E-state index in [4.69, 9.17) is 4.74 Å². The number of hydrogen-bond acceptors (Lipinski definition) is 6. The summed E-state index contributed by atoms with van der Waals surface area (Å²) in [6.07, 6.45) is 0.708. The van der Waals surface area contributed by atoms with Crippen LogP contribution in [0.5, 0.6) is 0 Å². The molecule has 0 fully saturated rings. The van der Waals surface area contributed by atoms with Gasteiger partial charge in [-0.25, -0.2) is 18.0 Å². The van der Waals surface area contributed by atoms with Gasteiger partial charge in [0.15, 0.2) is 16.4 Å². The Morgan fingerprint density at radius 2 is 1.79 bits per heavy atom. The Morgan fingerprint density at radius 1 is 1.12 bits per heavy atom. The van der Waals surface area contributed by atoms with Gasteiger partial charge in [0, 0.05) is 6.54 Å². The third kappa shape index (κ3) is 5.65. The lowest BCUT2D eigenvalue weighted by atomic mass is 10.2. The molecule has 0 saturated heterocycles. The summed E-state index contributed by atoms with van der Waals surface area (Å²) in [6, 6.07) is 4.89. The highest BCUT2D eigenvalue weighted by atomic mass is 32.2. The van der Waals surface area contributed by atoms with Crippen LogP contribution in [0.2, 0.25) is 0 Å². The van der Waals surface area contributed by atoms with Crippen molar-refractivity contribution in [2.45, 2.75) is 25.2 Å². The predicted molar refractivity (Wildman–Crippen MR) is 86.3 cm³/mol. The number of imide groups is 1. The molecule has 0 aromatic heterocycles. The maximum atomic E-state index is 12.0. The number of ether oxygens (including phenoxy) is 1. The van der Waals surface area contributed by atoms with Gasteiger partial charge in [-0.1, -0.05) is 26.0 Å². The minimum Gasteiger partial charge on any atom is -0.452 e. The largest absolute Gasteiger partial charge is 0.452 e. The Balaban J connectivity index is 2.70. The van der Waals surface area contributed by atoms with Crippen molar-refractivity contribution in [2.75, 3.05) is 18.9 Å². The highest BCUT2D eigenvalue weighted by Crippen LogP contribution is 2.17. The van der Waals surface area contributed by atoms with Gasteiger partial charge >= 0.3 is 12.0 Å². The van der Waals surface area contributed by atoms with Gasteiger partial charge in [-0.2, -0.15) is 0 Å². The lowest BCUT2D eigenvalue weighted by Gasteiger charge is -2.09. The highest BCUT2D eigenvalue weighted by molar-refractivity contribution is 7.91. The van der Waals surface area contributed by atoms with Gasteiger partial charge in [-0.05, 0) is 18.6 Å². The van der Waals surface area contributed by atoms with E-state index in [0.717, 1.165) is 0 Å². The smallest absolute Gasteiger partial charge is 0.339 e. The topological polar surface area (TPSA) is 119 Å². The molecular weight excluding hydrogens is 336 g/mol. The number of rotatable bonds is 7. The third-order valence-electron chi connectivity index (χ3n) is 2.94. The van der Waals surface area contributed by atoms with Crippen LogP contribution in [0.4, 0.5) is 4.79 Å². The van der Waals surface area contributed by atoms with Crippen LogP contribution in [0, 0.1) is 0 Å². The lowest BCUT2D eigenvalue weighted by molar-refractivity contribution is -0.123. The molecule has 0 atom stereocenters. The second-order valence-corrected chi connectivity index (χ2v) is 7.03. The van der Waals surface area contributed by atoms with Gasteiger partial charge in [-0.3, -0.25) is 10.1 Å². The van der Waals surface area contributed by atoms with Crippen molar-refractivity contribution < 1.29 is 27.5 Å². The molecule has 0 aliphatic heterocycles. The first-order valence-electron chi connectivity index (χ1n) is 7.38. The first-order chi connectivity index (χ1) is 11.3. The van der Waals surface area contributed by atoms with Crippen molar-refractivity contribution in [1.82, 2.24) is 10.6 Å². The predicted octanol–water partition coefficient (Wildman–Crippen LogP) is 0.873. The van der Waals surface area contributed by atoms with E-state index in [2.05, 4.69) is 5.32 Å². The quantitative estimate of drug-likeness (QED) is 0.700. The molecule has 1 aromatic carbocycles. The Kier molecular flexibility index (Phi) is 7.37. The van der Waals surface area contributed by atoms with Crippen molar-refractivity contribution in [3.05, 3.63) is 29.8 Å². The fraction of sp³-hybridized carbons (Fsp3) is 0.400. The normalized spacial score (nSPS) is 10.8. The van der Waals surface area contributed by atoms with Gasteiger partial charge in [0.1, 0.15) is 0 Å². The Hall–Kier alpha value is -2.42. The molecule has 0 unspecified atom stereocenters. The molecule has 1 aromatic rings. The van der Waals surface area contributed by atoms with Crippen molar-refractivity contribution in [2.24, 2.45) is 0 Å². The molecule has 2 N–H and O–H groups in total. The van der Waals surface area contributed by atoms with Crippen LogP contribution in [0.15, 0.2) is 29.2 Å². The molecule has 0 aliphatic rings. The standard InChI is InChI=1S/C15H20N2O6S/c1-3-9-16-15(20)17-13(18)10-23-14(19)11-7-5-6-8-12(11)24(21,22)4-2/h5-8H,3-4,9-10H2,1-2H3,(H2,16,17,18,20). The Labute approximate surface area is 140 Å². The van der Waals surface area contributed by atoms with Crippen molar-refractivity contribution in [3.8, 4) is 0 Å². The molecule has 8 nitrogen and oxygen atoms in total. The van der Waals surface area contributed by atoms with Crippen LogP contribution >= 0.6 is 0 Å². The summed E-state index contributed by atoms with van der Waals surface area (Å²) in [5.41, 5.74) is -0.150. The molecule has 0 aliphatic carbocycles. The summed E-state index contributed by atoms with van der Waals surface area (Å²) in [5.74, 6) is -1.94. The van der Waals surface area contributed by atoms with Crippen LogP contribution < -0.4 is 10.6 Å². The van der Waals surface area contributed by atoms with Crippen molar-refractivity contribution >= 4 is 27.7 Å². The molecule has 0 radical (unpaired) electrons. The highest BCUT2D eigenvalue weighted by Gasteiger charge is 2.22. The maximum Gasteiger partial charge on any atom is 0.339 e. The molecule has 132 valence electrons. The van der Waals surface area contributed by atoms with Gasteiger partial charge < -0.3 is 10.1 Å². The van der Waals surface area contributed by atoms with Crippen LogP contribution in [0.3, 0.4) is 0 Å². The monoisotopic (exact) mass is 356 g/mol. The number of amides is 3. The SMILES string of the molecule is CCCNC(=O)NC(=O)COC(=O)c1ccccc1S(=O)(=O)CC. The van der Waals surface area contributed by atoms with Crippen LogP contribution in [-0.4, -0.2) is 45.2 Å². The zero-order valence-corrected chi connectivity index (χ0v) is 14.3. The van der Waals surface area contributed by atoms with Gasteiger partial charge in [0.05, 0.1) is 16.2 Å². The first-order valence-corrected chi connectivity index (χ1v) is 9.03. The Bertz CT molecular complexity index is 714. The van der Waals surface area contributed by atoms with Crippen LogP contribution in [-0.2, 0) is 19.4 Å². The first kappa shape index (κ1) is 19.6. The maximum absolute atomic E-state index is 12.0. The summed E-state index contributed by atoms with van der Waals surface area (Å²) < 4.78 is 28.7. The molecule has 0 spiro atoms. The van der Waals surface area contributed by atoms with Gasteiger partial charge in [-0.15, -0.1) is 0 Å². The summed E-state index contributed by atoms with van der Waals surface area (Å²) in [6.45, 7) is 3.02. The van der Waals surface area contributed by atoms with E-state index in [1.807, 2.05) is 12.2 Å². The minimum atomic E-state index is -3.61. The number of urea groups is 1. The molecule has 0 bridgehead atoms. The number of hydrogen-bond donors (Lipinski definition) is 2. The molecule has 1 rings (SSSR count). The fourth-order valence-electron chi connectivity index (χ4n) is 1.72. The van der Waals surface area contributed by atoms with E-state index in [1.165, 1.54) is 31.2 Å². The molecular formula is C15H20N2O6S. The molecule has 0 saturated carbocycles. The van der Waals surface area contributed by atoms with Crippen molar-refractivity contribution in [1.29, 1.82) is 0 Å². The number of sulfone groups is 1. The second-order valence-electron chi connectivity index (χ2n) is 4.78. The van der Waals surface area contributed by atoms with Crippen molar-refractivity contribution in [3.63, 3.8) is 0 Å². The summed E-state index contributed by atoms with van der Waals surface area (Å²) in [4.78, 5) is 34.7. The summed E-state index contributed by atoms with van der Waals surface area (Å²) >= 11 is 0. The van der Waals surface area contributed by atoms with Gasteiger partial charge in [0.25, 0.3) is 5.91 Å². The van der Waals surface area contributed by atoms with E-state index < -0.39 is 34.4 Å². The zero-order valence-electron chi connectivity index (χ0n) is 13.5. The number of nitrogens with one attached hydrogen (secondary N) is 2. The number of benzene rings is 1. The second kappa shape index (κ2) is 9.02. The number of esters is 1. The molecule has 24 heavy (non-hydrogen) atoms. The van der Waals surface area contributed by atoms with Gasteiger partial charge in [0.2, 0.25) is 0 Å². The van der Waals surface area contributed by atoms with E-state index in [1.54, 1.807) is 0 Å².